The maximum atomic E-state index is 5.43. The maximum Gasteiger partial charge on any atom is 0.149 e. The van der Waals surface area contributed by atoms with Crippen LogP contribution in [0.25, 0.3) is 11.0 Å². The Kier molecular flexibility index (Phi) is 3.24. The second-order valence-electron chi connectivity index (χ2n) is 3.92. The largest absolute Gasteiger partial charge is 0.355 e. The Morgan fingerprint density at radius 3 is 2.53 bits per heavy atom. The van der Waals surface area contributed by atoms with Gasteiger partial charge in [-0.3, -0.25) is 0 Å². The van der Waals surface area contributed by atoms with Crippen molar-refractivity contribution in [2.45, 2.75) is 26.3 Å². The summed E-state index contributed by atoms with van der Waals surface area (Å²) in [5.74, 6) is 3.47. The molecular weight excluding hydrogens is 210 g/mol. The Hall–Kier alpha value is -2.08. The van der Waals surface area contributed by atoms with Crippen molar-refractivity contribution in [3.05, 3.63) is 30.0 Å². The van der Waals surface area contributed by atoms with E-state index in [1.54, 1.807) is 0 Å². The summed E-state index contributed by atoms with van der Waals surface area (Å²) in [5.41, 5.74) is 2.66. The monoisotopic (exact) mass is 225 g/mol. The Morgan fingerprint density at radius 1 is 1.29 bits per heavy atom. The molecule has 1 aromatic carbocycles. The number of para-hydroxylation sites is 2. The van der Waals surface area contributed by atoms with Gasteiger partial charge in [-0.25, -0.2) is 9.97 Å². The highest BCUT2D eigenvalue weighted by Gasteiger charge is 2.08. The number of terminal acetylenes is 1. The molecule has 0 saturated carbocycles. The van der Waals surface area contributed by atoms with E-state index >= 15 is 0 Å². The lowest BCUT2D eigenvalue weighted by molar-refractivity contribution is 0.848. The van der Waals surface area contributed by atoms with E-state index in [0.29, 0.717) is 0 Å². The highest BCUT2D eigenvalue weighted by Crippen LogP contribution is 2.16. The zero-order valence-corrected chi connectivity index (χ0v) is 10.1. The van der Waals surface area contributed by atoms with E-state index in [9.17, 15) is 0 Å². The van der Waals surface area contributed by atoms with Crippen molar-refractivity contribution in [1.82, 2.24) is 9.97 Å². The van der Waals surface area contributed by atoms with E-state index in [4.69, 9.17) is 6.42 Å². The van der Waals surface area contributed by atoms with Gasteiger partial charge in [-0.2, -0.15) is 0 Å². The van der Waals surface area contributed by atoms with E-state index in [0.717, 1.165) is 29.0 Å². The molecule has 86 valence electrons. The van der Waals surface area contributed by atoms with Crippen molar-refractivity contribution >= 4 is 16.9 Å². The van der Waals surface area contributed by atoms with Gasteiger partial charge in [-0.1, -0.05) is 25.0 Å². The third-order valence-electron chi connectivity index (χ3n) is 2.67. The van der Waals surface area contributed by atoms with Gasteiger partial charge in [0.25, 0.3) is 0 Å². The predicted molar refractivity (Wildman–Crippen MR) is 70.8 cm³/mol. The molecule has 0 aliphatic rings. The molecule has 0 radical (unpaired) electrons. The second kappa shape index (κ2) is 4.84. The molecule has 17 heavy (non-hydrogen) atoms. The highest BCUT2D eigenvalue weighted by molar-refractivity contribution is 5.76. The molecule has 1 unspecified atom stereocenters. The zero-order valence-electron chi connectivity index (χ0n) is 10.1. The van der Waals surface area contributed by atoms with Gasteiger partial charge in [0.1, 0.15) is 5.82 Å². The van der Waals surface area contributed by atoms with Gasteiger partial charge >= 0.3 is 0 Å². The molecule has 2 aromatic rings. The number of hydrogen-bond donors (Lipinski definition) is 1. The van der Waals surface area contributed by atoms with E-state index in [1.165, 1.54) is 0 Å². The number of aryl methyl sites for hydroxylation is 1. The van der Waals surface area contributed by atoms with Crippen LogP contribution < -0.4 is 5.32 Å². The molecule has 1 atom stereocenters. The molecule has 3 nitrogen and oxygen atoms in total. The number of fused-ring (bicyclic) bond motifs is 1. The van der Waals surface area contributed by atoms with Crippen LogP contribution >= 0.6 is 0 Å². The second-order valence-corrected chi connectivity index (χ2v) is 3.92. The minimum Gasteiger partial charge on any atom is -0.355 e. The van der Waals surface area contributed by atoms with Crippen molar-refractivity contribution in [3.63, 3.8) is 0 Å². The van der Waals surface area contributed by atoms with Crippen molar-refractivity contribution in [1.29, 1.82) is 0 Å². The lowest BCUT2D eigenvalue weighted by Gasteiger charge is -2.13. The normalized spacial score (nSPS) is 12.1. The molecule has 1 N–H and O–H groups in total. The number of anilines is 1. The molecule has 0 bridgehead atoms. The molecule has 1 aromatic heterocycles. The average molecular weight is 225 g/mol. The maximum absolute atomic E-state index is 5.43. The predicted octanol–water partition coefficient (Wildman–Crippen LogP) is 2.76. The Balaban J connectivity index is 2.41. The molecule has 0 saturated heterocycles. The van der Waals surface area contributed by atoms with Gasteiger partial charge in [0.2, 0.25) is 0 Å². The minimum atomic E-state index is 0.00385. The molecule has 0 amide bonds. The third kappa shape index (κ3) is 2.36. The van der Waals surface area contributed by atoms with Gasteiger partial charge in [-0.15, -0.1) is 6.42 Å². The van der Waals surface area contributed by atoms with Gasteiger partial charge < -0.3 is 5.32 Å². The number of benzene rings is 1. The lowest BCUT2D eigenvalue weighted by atomic mass is 10.2. The first-order valence-electron chi connectivity index (χ1n) is 5.70. The number of nitrogens with zero attached hydrogens (tertiary/aromatic N) is 2. The quantitative estimate of drug-likeness (QED) is 0.816. The topological polar surface area (TPSA) is 37.8 Å². The summed E-state index contributed by atoms with van der Waals surface area (Å²) in [6.45, 7) is 3.98. The summed E-state index contributed by atoms with van der Waals surface area (Å²) in [7, 11) is 0. The van der Waals surface area contributed by atoms with Crippen molar-refractivity contribution in [2.24, 2.45) is 0 Å². The van der Waals surface area contributed by atoms with Gasteiger partial charge in [-0.05, 0) is 25.5 Å². The molecular formula is C14H15N3. The van der Waals surface area contributed by atoms with Crippen LogP contribution in [0.3, 0.4) is 0 Å². The average Bonchev–Trinajstić information content (AvgIpc) is 2.36. The minimum absolute atomic E-state index is 0.00385. The van der Waals surface area contributed by atoms with Crippen molar-refractivity contribution < 1.29 is 0 Å². The number of rotatable bonds is 3. The number of hydrogen-bond acceptors (Lipinski definition) is 3. The summed E-state index contributed by atoms with van der Waals surface area (Å²) in [6.07, 6.45) is 6.30. The van der Waals surface area contributed by atoms with E-state index in [-0.39, 0.29) is 6.04 Å². The van der Waals surface area contributed by atoms with Crippen LogP contribution in [0, 0.1) is 19.3 Å². The summed E-state index contributed by atoms with van der Waals surface area (Å²) >= 11 is 0. The standard InChI is InChI=1S/C14H15N3/c1-4-11(5-2)16-14-10(3)15-12-8-6-7-9-13(12)17-14/h1,6-9,11H,5H2,2-3H3,(H,16,17). The Bertz CT molecular complexity index is 569. The van der Waals surface area contributed by atoms with Crippen molar-refractivity contribution in [2.75, 3.05) is 5.32 Å². The van der Waals surface area contributed by atoms with Gasteiger partial charge in [0.05, 0.1) is 22.8 Å². The zero-order chi connectivity index (χ0) is 12.3. The molecule has 2 rings (SSSR count). The fraction of sp³-hybridized carbons (Fsp3) is 0.286. The lowest BCUT2D eigenvalue weighted by Crippen LogP contribution is -2.17. The van der Waals surface area contributed by atoms with Crippen molar-refractivity contribution in [3.8, 4) is 12.3 Å². The molecule has 3 heteroatoms. The fourth-order valence-electron chi connectivity index (χ4n) is 1.65. The van der Waals surface area contributed by atoms with Crippen LogP contribution in [0.5, 0.6) is 0 Å². The van der Waals surface area contributed by atoms with Crippen LogP contribution in [0.4, 0.5) is 5.82 Å². The first-order valence-corrected chi connectivity index (χ1v) is 5.70. The van der Waals surface area contributed by atoms with Gasteiger partial charge in [0.15, 0.2) is 0 Å². The highest BCUT2D eigenvalue weighted by atomic mass is 15.0. The fourth-order valence-corrected chi connectivity index (χ4v) is 1.65. The molecule has 0 spiro atoms. The third-order valence-corrected chi connectivity index (χ3v) is 2.67. The molecule has 0 fully saturated rings. The molecule has 0 aliphatic heterocycles. The van der Waals surface area contributed by atoms with Crippen LogP contribution in [-0.4, -0.2) is 16.0 Å². The first-order chi connectivity index (χ1) is 8.24. The Labute approximate surface area is 101 Å². The number of aromatic nitrogens is 2. The van der Waals surface area contributed by atoms with Gasteiger partial charge in [0, 0.05) is 0 Å². The van der Waals surface area contributed by atoms with Crippen LogP contribution in [0.1, 0.15) is 19.0 Å². The SMILES string of the molecule is C#CC(CC)Nc1nc2ccccc2nc1C. The smallest absolute Gasteiger partial charge is 0.149 e. The molecule has 0 aliphatic carbocycles. The van der Waals surface area contributed by atoms with E-state index < -0.39 is 0 Å². The van der Waals surface area contributed by atoms with Crippen LogP contribution in [0.15, 0.2) is 24.3 Å². The summed E-state index contributed by atoms with van der Waals surface area (Å²) in [6, 6.07) is 7.82. The van der Waals surface area contributed by atoms with Crippen LogP contribution in [-0.2, 0) is 0 Å². The summed E-state index contributed by atoms with van der Waals surface area (Å²) in [4.78, 5) is 9.04. The van der Waals surface area contributed by atoms with E-state index in [1.807, 2.05) is 38.1 Å². The molecule has 1 heterocycles. The van der Waals surface area contributed by atoms with E-state index in [2.05, 4.69) is 21.2 Å². The van der Waals surface area contributed by atoms with Crippen LogP contribution in [0.2, 0.25) is 0 Å². The first kappa shape index (κ1) is 11.4. The number of nitrogens with one attached hydrogen (secondary N) is 1. The summed E-state index contributed by atoms with van der Waals surface area (Å²) < 4.78 is 0. The summed E-state index contributed by atoms with van der Waals surface area (Å²) in [5, 5.41) is 3.23. The Morgan fingerprint density at radius 2 is 1.94 bits per heavy atom.